The van der Waals surface area contributed by atoms with E-state index in [4.69, 9.17) is 4.74 Å². The van der Waals surface area contributed by atoms with E-state index in [-0.39, 0.29) is 11.7 Å². The first-order chi connectivity index (χ1) is 9.95. The van der Waals surface area contributed by atoms with Crippen LogP contribution < -0.4 is 10.1 Å². The molecule has 3 nitrogen and oxygen atoms in total. The summed E-state index contributed by atoms with van der Waals surface area (Å²) in [7, 11) is 0. The van der Waals surface area contributed by atoms with Crippen LogP contribution in [0.2, 0.25) is 0 Å². The number of anilines is 1. The molecule has 21 heavy (non-hydrogen) atoms. The van der Waals surface area contributed by atoms with Crippen molar-refractivity contribution in [3.63, 3.8) is 0 Å². The second kappa shape index (κ2) is 6.39. The third-order valence-electron chi connectivity index (χ3n) is 3.13. The molecule has 0 aliphatic heterocycles. The number of amides is 1. The zero-order valence-corrected chi connectivity index (χ0v) is 12.3. The second-order valence-corrected chi connectivity index (χ2v) is 5.03. The number of carbonyl (C=O) groups is 1. The third-order valence-corrected chi connectivity index (χ3v) is 3.13. The van der Waals surface area contributed by atoms with Crippen molar-refractivity contribution >= 4 is 11.6 Å². The Bertz CT molecular complexity index is 655. The van der Waals surface area contributed by atoms with Gasteiger partial charge in [0.1, 0.15) is 11.6 Å². The number of hydrogen-bond donors (Lipinski definition) is 1. The molecule has 4 heteroatoms. The summed E-state index contributed by atoms with van der Waals surface area (Å²) in [4.78, 5) is 12.1. The van der Waals surface area contributed by atoms with Gasteiger partial charge >= 0.3 is 0 Å². The summed E-state index contributed by atoms with van der Waals surface area (Å²) >= 11 is 0. The zero-order valence-electron chi connectivity index (χ0n) is 12.3. The number of halogens is 1. The Morgan fingerprint density at radius 1 is 1.19 bits per heavy atom. The van der Waals surface area contributed by atoms with Gasteiger partial charge in [-0.2, -0.15) is 0 Å². The number of ether oxygens (including phenoxy) is 1. The van der Waals surface area contributed by atoms with Crippen molar-refractivity contribution in [1.82, 2.24) is 0 Å². The van der Waals surface area contributed by atoms with Crippen LogP contribution in [0.4, 0.5) is 10.1 Å². The maximum atomic E-state index is 13.2. The van der Waals surface area contributed by atoms with Crippen LogP contribution in [-0.4, -0.2) is 12.0 Å². The summed E-state index contributed by atoms with van der Waals surface area (Å²) < 4.78 is 18.8. The topological polar surface area (TPSA) is 38.3 Å². The number of benzene rings is 2. The molecular formula is C17H18FNO2. The quantitative estimate of drug-likeness (QED) is 0.927. The highest BCUT2D eigenvalue weighted by Gasteiger charge is 2.16. The van der Waals surface area contributed by atoms with Crippen molar-refractivity contribution in [2.24, 2.45) is 0 Å². The van der Waals surface area contributed by atoms with Crippen LogP contribution in [0.25, 0.3) is 0 Å². The molecule has 1 N–H and O–H groups in total. The normalized spacial score (nSPS) is 11.8. The molecule has 0 saturated heterocycles. The minimum Gasteiger partial charge on any atom is -0.481 e. The van der Waals surface area contributed by atoms with Crippen LogP contribution >= 0.6 is 0 Å². The molecule has 1 amide bonds. The highest BCUT2D eigenvalue weighted by molar-refractivity contribution is 5.94. The Labute approximate surface area is 123 Å². The molecule has 0 aliphatic carbocycles. The van der Waals surface area contributed by atoms with E-state index >= 15 is 0 Å². The van der Waals surface area contributed by atoms with Crippen LogP contribution in [0.3, 0.4) is 0 Å². The smallest absolute Gasteiger partial charge is 0.265 e. The number of rotatable bonds is 4. The van der Waals surface area contributed by atoms with Gasteiger partial charge in [0.15, 0.2) is 6.10 Å². The Morgan fingerprint density at radius 2 is 1.95 bits per heavy atom. The Hall–Kier alpha value is -2.36. The second-order valence-electron chi connectivity index (χ2n) is 5.03. The van der Waals surface area contributed by atoms with Crippen LogP contribution in [0.15, 0.2) is 42.5 Å². The SMILES string of the molecule is Cc1cccc(O[C@H](C)C(=O)Nc2cc(F)ccc2C)c1. The first-order valence-electron chi connectivity index (χ1n) is 6.76. The molecule has 2 aromatic rings. The lowest BCUT2D eigenvalue weighted by atomic mass is 10.2. The van der Waals surface area contributed by atoms with Gasteiger partial charge in [-0.3, -0.25) is 4.79 Å². The lowest BCUT2D eigenvalue weighted by Gasteiger charge is -2.16. The molecule has 0 spiro atoms. The molecule has 0 aromatic heterocycles. The van der Waals surface area contributed by atoms with Gasteiger partial charge in [0.05, 0.1) is 0 Å². The fourth-order valence-corrected chi connectivity index (χ4v) is 1.91. The van der Waals surface area contributed by atoms with E-state index in [1.165, 1.54) is 12.1 Å². The average Bonchev–Trinajstić information content (AvgIpc) is 2.43. The van der Waals surface area contributed by atoms with Crippen LogP contribution in [0, 0.1) is 19.7 Å². The highest BCUT2D eigenvalue weighted by atomic mass is 19.1. The minimum absolute atomic E-state index is 0.315. The predicted octanol–water partition coefficient (Wildman–Crippen LogP) is 3.85. The summed E-state index contributed by atoms with van der Waals surface area (Å²) in [5, 5.41) is 2.68. The molecule has 0 bridgehead atoms. The number of hydrogen-bond acceptors (Lipinski definition) is 2. The molecular weight excluding hydrogens is 269 g/mol. The van der Waals surface area contributed by atoms with Gasteiger partial charge in [0, 0.05) is 5.69 Å². The molecule has 0 radical (unpaired) electrons. The van der Waals surface area contributed by atoms with E-state index in [0.717, 1.165) is 11.1 Å². The summed E-state index contributed by atoms with van der Waals surface area (Å²) in [6, 6.07) is 11.8. The van der Waals surface area contributed by atoms with Crippen molar-refractivity contribution in [3.8, 4) is 5.75 Å². The fraction of sp³-hybridized carbons (Fsp3) is 0.235. The molecule has 110 valence electrons. The number of aryl methyl sites for hydroxylation is 2. The maximum Gasteiger partial charge on any atom is 0.265 e. The van der Waals surface area contributed by atoms with Gasteiger partial charge in [-0.25, -0.2) is 4.39 Å². The Morgan fingerprint density at radius 3 is 2.67 bits per heavy atom. The molecule has 0 unspecified atom stereocenters. The first kappa shape index (κ1) is 15.0. The van der Waals surface area contributed by atoms with Crippen molar-refractivity contribution in [1.29, 1.82) is 0 Å². The summed E-state index contributed by atoms with van der Waals surface area (Å²) in [6.45, 7) is 5.42. The molecule has 0 aliphatic rings. The molecule has 0 saturated carbocycles. The predicted molar refractivity (Wildman–Crippen MR) is 81.0 cm³/mol. The molecule has 2 aromatic carbocycles. The average molecular weight is 287 g/mol. The number of nitrogens with one attached hydrogen (secondary N) is 1. The van der Waals surface area contributed by atoms with Gasteiger partial charge in [0.2, 0.25) is 0 Å². The maximum absolute atomic E-state index is 13.2. The van der Waals surface area contributed by atoms with E-state index in [1.807, 2.05) is 25.1 Å². The van der Waals surface area contributed by atoms with Crippen LogP contribution in [0.1, 0.15) is 18.1 Å². The van der Waals surface area contributed by atoms with E-state index in [0.29, 0.717) is 11.4 Å². The van der Waals surface area contributed by atoms with E-state index in [1.54, 1.807) is 26.0 Å². The molecule has 0 heterocycles. The zero-order chi connectivity index (χ0) is 15.4. The standard InChI is InChI=1S/C17H18FNO2/c1-11-5-4-6-15(9-11)21-13(3)17(20)19-16-10-14(18)8-7-12(16)2/h4-10,13H,1-3H3,(H,19,20)/t13-/m1/s1. The molecule has 0 fully saturated rings. The lowest BCUT2D eigenvalue weighted by molar-refractivity contribution is -0.122. The van der Waals surface area contributed by atoms with Gasteiger partial charge in [0.25, 0.3) is 5.91 Å². The Balaban J connectivity index is 2.04. The number of carbonyl (C=O) groups excluding carboxylic acids is 1. The van der Waals surface area contributed by atoms with Crippen molar-refractivity contribution in [2.45, 2.75) is 26.9 Å². The van der Waals surface area contributed by atoms with E-state index in [9.17, 15) is 9.18 Å². The van der Waals surface area contributed by atoms with Crippen molar-refractivity contribution in [2.75, 3.05) is 5.32 Å². The molecule has 2 rings (SSSR count). The Kier molecular flexibility index (Phi) is 4.58. The van der Waals surface area contributed by atoms with Gasteiger partial charge in [-0.1, -0.05) is 18.2 Å². The lowest BCUT2D eigenvalue weighted by Crippen LogP contribution is -2.30. The van der Waals surface area contributed by atoms with Crippen molar-refractivity contribution < 1.29 is 13.9 Å². The summed E-state index contributed by atoms with van der Waals surface area (Å²) in [6.07, 6.45) is -0.672. The third kappa shape index (κ3) is 4.05. The van der Waals surface area contributed by atoms with E-state index in [2.05, 4.69) is 5.32 Å². The molecule has 1 atom stereocenters. The first-order valence-corrected chi connectivity index (χ1v) is 6.76. The van der Waals surface area contributed by atoms with Crippen molar-refractivity contribution in [3.05, 3.63) is 59.4 Å². The van der Waals surface area contributed by atoms with E-state index < -0.39 is 6.10 Å². The van der Waals surface area contributed by atoms with Gasteiger partial charge in [-0.15, -0.1) is 0 Å². The monoisotopic (exact) mass is 287 g/mol. The van der Waals surface area contributed by atoms with Crippen LogP contribution in [-0.2, 0) is 4.79 Å². The minimum atomic E-state index is -0.672. The van der Waals surface area contributed by atoms with Gasteiger partial charge < -0.3 is 10.1 Å². The largest absolute Gasteiger partial charge is 0.481 e. The summed E-state index contributed by atoms with van der Waals surface area (Å²) in [5.41, 5.74) is 2.31. The fourth-order valence-electron chi connectivity index (χ4n) is 1.91. The van der Waals surface area contributed by atoms with Gasteiger partial charge in [-0.05, 0) is 56.2 Å². The highest BCUT2D eigenvalue weighted by Crippen LogP contribution is 2.18. The van der Waals surface area contributed by atoms with Crippen LogP contribution in [0.5, 0.6) is 5.75 Å². The summed E-state index contributed by atoms with van der Waals surface area (Å²) in [5.74, 6) is -0.0676.